The van der Waals surface area contributed by atoms with Gasteiger partial charge in [-0.05, 0) is 79.4 Å². The minimum Gasteiger partial charge on any atom is -0.493 e. The third-order valence-electron chi connectivity index (χ3n) is 5.68. The van der Waals surface area contributed by atoms with Crippen LogP contribution in [0, 0.1) is 4.91 Å². The number of likely N-dealkylation sites (N-methyl/N-ethyl adjacent to an activating group) is 1. The first kappa shape index (κ1) is 22.8. The van der Waals surface area contributed by atoms with Crippen molar-refractivity contribution in [1.29, 1.82) is 0 Å². The number of aryl methyl sites for hydroxylation is 2. The number of benzene rings is 2. The van der Waals surface area contributed by atoms with Crippen molar-refractivity contribution in [1.82, 2.24) is 14.9 Å². The van der Waals surface area contributed by atoms with Gasteiger partial charge in [-0.2, -0.15) is 0 Å². The summed E-state index contributed by atoms with van der Waals surface area (Å²) in [5, 5.41) is 3.19. The molecule has 0 fully saturated rings. The molecule has 0 saturated carbocycles. The van der Waals surface area contributed by atoms with Gasteiger partial charge in [0.1, 0.15) is 17.3 Å². The SMILES string of the molecule is CN1C/C=C/CCOc2cccc(c2)-c2ccnc(n2)CCCCc2cc(cc(N=O)c2)C1. The fourth-order valence-corrected chi connectivity index (χ4v) is 4.06. The number of hydrogen-bond donors (Lipinski definition) is 0. The lowest BCUT2D eigenvalue weighted by atomic mass is 10.0. The monoisotopic (exact) mass is 442 g/mol. The van der Waals surface area contributed by atoms with Crippen LogP contribution in [0.3, 0.4) is 0 Å². The van der Waals surface area contributed by atoms with Crippen molar-refractivity contribution in [2.75, 3.05) is 20.2 Å². The van der Waals surface area contributed by atoms with Crippen molar-refractivity contribution in [3.8, 4) is 17.0 Å². The summed E-state index contributed by atoms with van der Waals surface area (Å²) in [5.74, 6) is 1.70. The van der Waals surface area contributed by atoms with E-state index in [0.717, 1.165) is 79.2 Å². The summed E-state index contributed by atoms with van der Waals surface area (Å²) < 4.78 is 5.95. The van der Waals surface area contributed by atoms with Gasteiger partial charge >= 0.3 is 0 Å². The Labute approximate surface area is 195 Å². The molecule has 2 heterocycles. The van der Waals surface area contributed by atoms with Gasteiger partial charge in [-0.1, -0.05) is 30.4 Å². The topological polar surface area (TPSA) is 67.7 Å². The van der Waals surface area contributed by atoms with Gasteiger partial charge < -0.3 is 4.74 Å². The van der Waals surface area contributed by atoms with E-state index >= 15 is 0 Å². The van der Waals surface area contributed by atoms with Crippen molar-refractivity contribution in [3.63, 3.8) is 0 Å². The van der Waals surface area contributed by atoms with E-state index in [2.05, 4.69) is 46.4 Å². The second-order valence-electron chi connectivity index (χ2n) is 8.50. The lowest BCUT2D eigenvalue weighted by Gasteiger charge is -2.15. The van der Waals surface area contributed by atoms with E-state index in [0.29, 0.717) is 12.3 Å². The fraction of sp³-hybridized carbons (Fsp3) is 0.333. The summed E-state index contributed by atoms with van der Waals surface area (Å²) in [6, 6.07) is 16.0. The van der Waals surface area contributed by atoms with Crippen molar-refractivity contribution < 1.29 is 4.74 Å². The van der Waals surface area contributed by atoms with Crippen molar-refractivity contribution in [3.05, 3.63) is 88.7 Å². The van der Waals surface area contributed by atoms with Gasteiger partial charge in [0.25, 0.3) is 0 Å². The van der Waals surface area contributed by atoms with Crippen LogP contribution in [-0.2, 0) is 19.4 Å². The van der Waals surface area contributed by atoms with E-state index in [1.54, 1.807) is 0 Å². The Morgan fingerprint density at radius 3 is 2.79 bits per heavy atom. The van der Waals surface area contributed by atoms with E-state index in [4.69, 9.17) is 9.72 Å². The molecule has 0 amide bonds. The van der Waals surface area contributed by atoms with Crippen LogP contribution in [0.25, 0.3) is 11.3 Å². The van der Waals surface area contributed by atoms with E-state index in [1.165, 1.54) is 0 Å². The zero-order valence-electron chi connectivity index (χ0n) is 19.1. The van der Waals surface area contributed by atoms with Gasteiger partial charge in [0, 0.05) is 31.3 Å². The molecule has 6 bridgehead atoms. The number of hydrogen-bond acceptors (Lipinski definition) is 6. The van der Waals surface area contributed by atoms with Gasteiger partial charge in [0.2, 0.25) is 0 Å². The van der Waals surface area contributed by atoms with Crippen molar-refractivity contribution in [2.45, 2.75) is 38.6 Å². The standard InChI is InChI=1S/C27H30N4O2/c1-31-14-5-2-6-15-33-25-10-7-9-23(19-25)26-12-13-28-27(29-26)11-4-3-8-21-16-22(20-31)18-24(17-21)30-32/h2,5,7,9-10,12-13,16-19H,3-4,6,8,11,14-15,20H2,1H3/b5-2+. The minimum atomic E-state index is 0.500. The molecule has 6 heteroatoms. The highest BCUT2D eigenvalue weighted by molar-refractivity contribution is 5.60. The molecule has 1 aliphatic heterocycles. The average molecular weight is 443 g/mol. The molecule has 6 nitrogen and oxygen atoms in total. The van der Waals surface area contributed by atoms with E-state index in [1.807, 2.05) is 42.6 Å². The Bertz CT molecular complexity index is 1110. The van der Waals surface area contributed by atoms with Gasteiger partial charge in [0.15, 0.2) is 0 Å². The van der Waals surface area contributed by atoms with E-state index in [9.17, 15) is 4.91 Å². The molecule has 0 saturated heterocycles. The van der Waals surface area contributed by atoms with Gasteiger partial charge in [-0.15, -0.1) is 4.91 Å². The van der Waals surface area contributed by atoms with Crippen LogP contribution in [0.4, 0.5) is 5.69 Å². The summed E-state index contributed by atoms with van der Waals surface area (Å²) in [6.45, 7) is 2.22. The molecule has 0 atom stereocenters. The van der Waals surface area contributed by atoms with Crippen LogP contribution in [-0.4, -0.2) is 35.1 Å². The zero-order chi connectivity index (χ0) is 22.9. The van der Waals surface area contributed by atoms with Crippen molar-refractivity contribution >= 4 is 5.69 Å². The molecule has 0 radical (unpaired) electrons. The lowest BCUT2D eigenvalue weighted by Crippen LogP contribution is -2.17. The second-order valence-corrected chi connectivity index (χ2v) is 8.50. The Hall–Kier alpha value is -3.38. The predicted octanol–water partition coefficient (Wildman–Crippen LogP) is 5.88. The molecular weight excluding hydrogens is 412 g/mol. The number of fused-ring (bicyclic) bond motifs is 7. The van der Waals surface area contributed by atoms with Gasteiger partial charge in [-0.25, -0.2) is 9.97 Å². The van der Waals surface area contributed by atoms with E-state index < -0.39 is 0 Å². The third kappa shape index (κ3) is 6.80. The highest BCUT2D eigenvalue weighted by Crippen LogP contribution is 2.23. The molecule has 170 valence electrons. The molecule has 3 aromatic rings. The third-order valence-corrected chi connectivity index (χ3v) is 5.68. The Morgan fingerprint density at radius 1 is 1.00 bits per heavy atom. The van der Waals surface area contributed by atoms with Gasteiger partial charge in [-0.3, -0.25) is 4.90 Å². The first-order valence-corrected chi connectivity index (χ1v) is 11.5. The molecule has 33 heavy (non-hydrogen) atoms. The summed E-state index contributed by atoms with van der Waals surface area (Å²) in [4.78, 5) is 22.7. The largest absolute Gasteiger partial charge is 0.493 e. The van der Waals surface area contributed by atoms with E-state index in [-0.39, 0.29) is 0 Å². The highest BCUT2D eigenvalue weighted by atomic mass is 16.5. The number of ether oxygens (including phenoxy) is 1. The maximum atomic E-state index is 11.2. The zero-order valence-corrected chi connectivity index (χ0v) is 19.1. The Kier molecular flexibility index (Phi) is 7.93. The fourth-order valence-electron chi connectivity index (χ4n) is 4.06. The Balaban J connectivity index is 1.54. The van der Waals surface area contributed by atoms with Crippen molar-refractivity contribution in [2.24, 2.45) is 5.18 Å². The van der Waals surface area contributed by atoms with Crippen LogP contribution in [0.15, 0.2) is 72.1 Å². The summed E-state index contributed by atoms with van der Waals surface area (Å²) in [5.41, 5.74) is 4.71. The average Bonchev–Trinajstić information content (AvgIpc) is 2.83. The molecule has 4 rings (SSSR count). The van der Waals surface area contributed by atoms with Crippen LogP contribution < -0.4 is 4.74 Å². The molecular formula is C27H30N4O2. The van der Waals surface area contributed by atoms with Crippen LogP contribution in [0.1, 0.15) is 36.2 Å². The normalized spacial score (nSPS) is 16.8. The summed E-state index contributed by atoms with van der Waals surface area (Å²) in [7, 11) is 2.08. The highest BCUT2D eigenvalue weighted by Gasteiger charge is 2.07. The molecule has 0 unspecified atom stereocenters. The van der Waals surface area contributed by atoms with Crippen LogP contribution >= 0.6 is 0 Å². The summed E-state index contributed by atoms with van der Waals surface area (Å²) in [6.07, 6.45) is 10.7. The molecule has 0 spiro atoms. The first-order chi connectivity index (χ1) is 16.2. The number of aromatic nitrogens is 2. The van der Waals surface area contributed by atoms with Crippen LogP contribution in [0.5, 0.6) is 5.75 Å². The maximum absolute atomic E-state index is 11.2. The number of nitroso groups, excluding NO2 is 1. The number of nitrogens with zero attached hydrogens (tertiary/aromatic N) is 4. The molecule has 1 aromatic heterocycles. The molecule has 2 aromatic carbocycles. The maximum Gasteiger partial charge on any atom is 0.128 e. The lowest BCUT2D eigenvalue weighted by molar-refractivity contribution is 0.324. The smallest absolute Gasteiger partial charge is 0.128 e. The van der Waals surface area contributed by atoms with Gasteiger partial charge in [0.05, 0.1) is 12.3 Å². The van der Waals surface area contributed by atoms with Crippen LogP contribution in [0.2, 0.25) is 0 Å². The second kappa shape index (κ2) is 11.5. The molecule has 0 N–H and O–H groups in total. The summed E-state index contributed by atoms with van der Waals surface area (Å²) >= 11 is 0. The quantitative estimate of drug-likeness (QED) is 0.348. The first-order valence-electron chi connectivity index (χ1n) is 11.5. The predicted molar refractivity (Wildman–Crippen MR) is 132 cm³/mol. The minimum absolute atomic E-state index is 0.500. The molecule has 0 aliphatic carbocycles. The molecule has 1 aliphatic rings. The number of rotatable bonds is 1. The Morgan fingerprint density at radius 2 is 1.88 bits per heavy atom.